The van der Waals surface area contributed by atoms with Gasteiger partial charge in [0.05, 0.1) is 0 Å². The minimum absolute atomic E-state index is 0.0513. The fourth-order valence-electron chi connectivity index (χ4n) is 2.05. The smallest absolute Gasteiger partial charge is 0.326 e. The van der Waals surface area contributed by atoms with Crippen LogP contribution in [0.15, 0.2) is 0 Å². The third-order valence-corrected chi connectivity index (χ3v) is 4.77. The summed E-state index contributed by atoms with van der Waals surface area (Å²) in [6, 6.07) is -0.205. The molecule has 1 unspecified atom stereocenters. The molecule has 0 saturated carbocycles. The van der Waals surface area contributed by atoms with Crippen LogP contribution in [0.1, 0.15) is 55.4 Å². The van der Waals surface area contributed by atoms with Gasteiger partial charge in [0.2, 0.25) is 0 Å². The molecule has 0 bridgehead atoms. The zero-order valence-electron chi connectivity index (χ0n) is 15.3. The van der Waals surface area contributed by atoms with Crippen molar-refractivity contribution in [1.29, 1.82) is 0 Å². The minimum atomic E-state index is -3.81. The number of hydrogen-bond acceptors (Lipinski definition) is 7. The topological polar surface area (TPSA) is 88.5 Å². The quantitative estimate of drug-likeness (QED) is 0.433. The second-order valence-electron chi connectivity index (χ2n) is 6.41. The Morgan fingerprint density at radius 2 is 1.17 bits per heavy atom. The van der Waals surface area contributed by atoms with Gasteiger partial charge in [0.15, 0.2) is 6.35 Å². The fourth-order valence-corrected chi connectivity index (χ4v) is 4.58. The molecule has 0 spiro atoms. The number of hydrogen-bond donors (Lipinski definition) is 1. The maximum Gasteiger partial charge on any atom is 0.389 e. The van der Waals surface area contributed by atoms with Crippen molar-refractivity contribution in [3.63, 3.8) is 0 Å². The summed E-state index contributed by atoms with van der Waals surface area (Å²) in [4.78, 5) is 8.89. The molecule has 0 fully saturated rings. The van der Waals surface area contributed by atoms with E-state index in [1.165, 1.54) is 10.1 Å². The lowest BCUT2D eigenvalue weighted by Crippen LogP contribution is -2.40. The maximum absolute atomic E-state index is 13.1. The van der Waals surface area contributed by atoms with Crippen molar-refractivity contribution < 1.29 is 27.8 Å². The summed E-state index contributed by atoms with van der Waals surface area (Å²) in [6.45, 7) is 15.1. The van der Waals surface area contributed by atoms with E-state index in [9.17, 15) is 9.13 Å². The number of nitrogens with zero attached hydrogens (tertiary/aromatic N) is 2. The van der Waals surface area contributed by atoms with E-state index in [0.717, 1.165) is 0 Å². The number of rotatable bonds is 11. The Bertz CT molecular complexity index is 375. The van der Waals surface area contributed by atoms with Crippen molar-refractivity contribution in [1.82, 2.24) is 10.1 Å². The standard InChI is InChI=1S/C13H32N2O6P2/c1-10(2)14(11(3)4)20-23(18,9-19-22(16)17)21-15(12(5)6)13(7)8/h10-13,22H,9H2,1-8H3,(H,16,17). The van der Waals surface area contributed by atoms with E-state index in [-0.39, 0.29) is 24.2 Å². The van der Waals surface area contributed by atoms with E-state index in [2.05, 4.69) is 4.52 Å². The molecule has 0 rings (SSSR count). The van der Waals surface area contributed by atoms with Gasteiger partial charge in [-0.25, -0.2) is 9.25 Å². The molecule has 0 aromatic carbocycles. The molecule has 0 aliphatic heterocycles. The zero-order chi connectivity index (χ0) is 18.4. The lowest BCUT2D eigenvalue weighted by atomic mass is 10.3. The van der Waals surface area contributed by atoms with E-state index in [4.69, 9.17) is 14.1 Å². The predicted molar refractivity (Wildman–Crippen MR) is 91.2 cm³/mol. The zero-order valence-corrected chi connectivity index (χ0v) is 17.2. The SMILES string of the molecule is CC(C)N(OP(=O)(CO[PH](=O)O)ON(C(C)C)C(C)C)C(C)C. The molecular formula is C13H32N2O6P2. The summed E-state index contributed by atoms with van der Waals surface area (Å²) in [5.41, 5.74) is 0. The first kappa shape index (κ1) is 23.2. The maximum atomic E-state index is 13.1. The third kappa shape index (κ3) is 8.75. The summed E-state index contributed by atoms with van der Waals surface area (Å²) in [5, 5.41) is 3.08. The van der Waals surface area contributed by atoms with Gasteiger partial charge in [-0.3, -0.25) is 13.7 Å². The van der Waals surface area contributed by atoms with E-state index in [1.807, 2.05) is 55.4 Å². The highest BCUT2D eigenvalue weighted by Gasteiger charge is 2.36. The van der Waals surface area contributed by atoms with Gasteiger partial charge >= 0.3 is 15.9 Å². The summed E-state index contributed by atoms with van der Waals surface area (Å²) >= 11 is 0. The molecule has 0 aliphatic rings. The molecule has 23 heavy (non-hydrogen) atoms. The molecule has 0 aliphatic carbocycles. The molecule has 0 aromatic rings. The van der Waals surface area contributed by atoms with Gasteiger partial charge in [-0.05, 0) is 55.4 Å². The average Bonchev–Trinajstić information content (AvgIpc) is 2.39. The molecular weight excluding hydrogens is 342 g/mol. The Morgan fingerprint density at radius 3 is 1.39 bits per heavy atom. The molecule has 0 saturated heterocycles. The van der Waals surface area contributed by atoms with Crippen LogP contribution in [0.4, 0.5) is 0 Å². The summed E-state index contributed by atoms with van der Waals surface area (Å²) in [5.74, 6) is 0. The first-order valence-electron chi connectivity index (χ1n) is 7.80. The van der Waals surface area contributed by atoms with Gasteiger partial charge in [-0.1, -0.05) is 0 Å². The first-order valence-corrected chi connectivity index (χ1v) is 10.8. The highest BCUT2D eigenvalue weighted by molar-refractivity contribution is 7.53. The fraction of sp³-hybridized carbons (Fsp3) is 1.00. The highest BCUT2D eigenvalue weighted by Crippen LogP contribution is 2.52. The number of hydroxylamine groups is 4. The van der Waals surface area contributed by atoms with Crippen molar-refractivity contribution in [2.45, 2.75) is 79.6 Å². The summed E-state index contributed by atoms with van der Waals surface area (Å²) in [6.07, 6.45) is -0.590. The highest BCUT2D eigenvalue weighted by atomic mass is 31.2. The molecule has 8 nitrogen and oxygen atoms in total. The first-order chi connectivity index (χ1) is 10.4. The lowest BCUT2D eigenvalue weighted by Gasteiger charge is -2.36. The Kier molecular flexibility index (Phi) is 10.4. The van der Waals surface area contributed by atoms with E-state index in [1.54, 1.807) is 0 Å². The predicted octanol–water partition coefficient (Wildman–Crippen LogP) is 3.64. The van der Waals surface area contributed by atoms with E-state index >= 15 is 0 Å². The second-order valence-corrected chi connectivity index (χ2v) is 9.04. The van der Waals surface area contributed by atoms with Crippen LogP contribution in [0.2, 0.25) is 0 Å². The van der Waals surface area contributed by atoms with Crippen LogP contribution in [-0.4, -0.2) is 45.5 Å². The van der Waals surface area contributed by atoms with E-state index in [0.29, 0.717) is 0 Å². The Hall–Kier alpha value is 0.220. The Morgan fingerprint density at radius 1 is 0.870 bits per heavy atom. The minimum Gasteiger partial charge on any atom is -0.326 e. The molecule has 0 heterocycles. The molecule has 10 heteroatoms. The van der Waals surface area contributed by atoms with Crippen LogP contribution in [0.25, 0.3) is 0 Å². The van der Waals surface area contributed by atoms with Crippen molar-refractivity contribution in [2.75, 3.05) is 6.35 Å². The average molecular weight is 374 g/mol. The molecule has 0 radical (unpaired) electrons. The summed E-state index contributed by atoms with van der Waals surface area (Å²) in [7, 11) is -7.04. The van der Waals surface area contributed by atoms with Gasteiger partial charge < -0.3 is 4.89 Å². The second kappa shape index (κ2) is 10.3. The Balaban J connectivity index is 5.37. The van der Waals surface area contributed by atoms with Crippen LogP contribution in [0.3, 0.4) is 0 Å². The molecule has 140 valence electrons. The van der Waals surface area contributed by atoms with Gasteiger partial charge in [-0.2, -0.15) is 10.1 Å². The molecule has 0 amide bonds. The molecule has 1 N–H and O–H groups in total. The van der Waals surface area contributed by atoms with Crippen LogP contribution >= 0.6 is 15.9 Å². The molecule has 0 aromatic heterocycles. The van der Waals surface area contributed by atoms with Crippen molar-refractivity contribution in [3.8, 4) is 0 Å². The molecule has 1 atom stereocenters. The van der Waals surface area contributed by atoms with Crippen LogP contribution in [0.5, 0.6) is 0 Å². The van der Waals surface area contributed by atoms with Crippen molar-refractivity contribution in [2.24, 2.45) is 0 Å². The lowest BCUT2D eigenvalue weighted by molar-refractivity contribution is -0.171. The Labute approximate surface area is 140 Å². The monoisotopic (exact) mass is 374 g/mol. The van der Waals surface area contributed by atoms with Crippen LogP contribution < -0.4 is 0 Å². The van der Waals surface area contributed by atoms with Crippen LogP contribution in [0, 0.1) is 0 Å². The van der Waals surface area contributed by atoms with Gasteiger partial charge in [0.1, 0.15) is 0 Å². The van der Waals surface area contributed by atoms with Gasteiger partial charge in [-0.15, -0.1) is 0 Å². The van der Waals surface area contributed by atoms with Crippen molar-refractivity contribution >= 4 is 15.9 Å². The van der Waals surface area contributed by atoms with Crippen molar-refractivity contribution in [3.05, 3.63) is 0 Å². The van der Waals surface area contributed by atoms with Gasteiger partial charge in [0.25, 0.3) is 0 Å². The normalized spacial score (nSPS) is 14.9. The van der Waals surface area contributed by atoms with Gasteiger partial charge in [0, 0.05) is 24.2 Å². The van der Waals surface area contributed by atoms with Crippen LogP contribution in [-0.2, 0) is 22.9 Å². The largest absolute Gasteiger partial charge is 0.389 e. The summed E-state index contributed by atoms with van der Waals surface area (Å²) < 4.78 is 39.8. The van der Waals surface area contributed by atoms with E-state index < -0.39 is 22.2 Å². The third-order valence-electron chi connectivity index (χ3n) is 2.82.